The van der Waals surface area contributed by atoms with E-state index in [9.17, 15) is 0 Å². The van der Waals surface area contributed by atoms with Crippen molar-refractivity contribution in [1.82, 2.24) is 10.2 Å². The van der Waals surface area contributed by atoms with Gasteiger partial charge >= 0.3 is 0 Å². The molecule has 0 aliphatic carbocycles. The maximum Gasteiger partial charge on any atom is 0.178 e. The summed E-state index contributed by atoms with van der Waals surface area (Å²) in [6, 6.07) is 7.36. The molecular formula is C9H8N4OS2. The number of aromatic nitrogens is 2. The van der Waals surface area contributed by atoms with Crippen molar-refractivity contribution < 1.29 is 5.21 Å². The lowest BCUT2D eigenvalue weighted by atomic mass is 10.2. The first kappa shape index (κ1) is 10.9. The van der Waals surface area contributed by atoms with Crippen molar-refractivity contribution in [3.05, 3.63) is 35.3 Å². The molecule has 0 aliphatic rings. The number of hydrogen-bond acceptors (Lipinski definition) is 6. The minimum Gasteiger partial charge on any atom is -0.409 e. The molecule has 1 aromatic carbocycles. The summed E-state index contributed by atoms with van der Waals surface area (Å²) in [5, 5.41) is 19.1. The number of nitrogens with two attached hydrogens (primary N) is 1. The Morgan fingerprint density at radius 3 is 2.69 bits per heavy atom. The second-order valence-electron chi connectivity index (χ2n) is 2.82. The van der Waals surface area contributed by atoms with E-state index >= 15 is 0 Å². The van der Waals surface area contributed by atoms with Gasteiger partial charge in [-0.15, -0.1) is 10.2 Å². The highest BCUT2D eigenvalue weighted by atomic mass is 32.2. The fourth-order valence-electron chi connectivity index (χ4n) is 1.06. The zero-order chi connectivity index (χ0) is 11.4. The van der Waals surface area contributed by atoms with E-state index in [0.717, 1.165) is 9.24 Å². The smallest absolute Gasteiger partial charge is 0.178 e. The summed E-state index contributed by atoms with van der Waals surface area (Å²) < 4.78 is 0.886. The Kier molecular flexibility index (Phi) is 3.37. The Hall–Kier alpha value is -1.60. The summed E-state index contributed by atoms with van der Waals surface area (Å²) >= 11 is 3.01. The molecule has 1 aromatic heterocycles. The number of amidine groups is 1. The average molecular weight is 252 g/mol. The Morgan fingerprint density at radius 2 is 2.12 bits per heavy atom. The van der Waals surface area contributed by atoms with E-state index in [0.29, 0.717) is 5.56 Å². The monoisotopic (exact) mass is 252 g/mol. The number of oxime groups is 1. The van der Waals surface area contributed by atoms with Crippen LogP contribution < -0.4 is 5.73 Å². The third-order valence-corrected chi connectivity index (χ3v) is 3.59. The molecule has 0 aliphatic heterocycles. The number of hydrogen-bond donors (Lipinski definition) is 2. The molecule has 2 aromatic rings. The summed E-state index contributed by atoms with van der Waals surface area (Å²) in [4.78, 5) is 1.03. The molecule has 0 saturated carbocycles. The van der Waals surface area contributed by atoms with Gasteiger partial charge in [0, 0.05) is 10.5 Å². The van der Waals surface area contributed by atoms with Crippen molar-refractivity contribution >= 4 is 28.9 Å². The minimum absolute atomic E-state index is 0.104. The van der Waals surface area contributed by atoms with Crippen LogP contribution in [0.5, 0.6) is 0 Å². The van der Waals surface area contributed by atoms with Gasteiger partial charge in [0.2, 0.25) is 0 Å². The average Bonchev–Trinajstić information content (AvgIpc) is 2.82. The van der Waals surface area contributed by atoms with Crippen LogP contribution >= 0.6 is 23.1 Å². The van der Waals surface area contributed by atoms with Crippen molar-refractivity contribution in [1.29, 1.82) is 0 Å². The standard InChI is InChI=1S/C9H8N4OS2/c10-8(13-14)6-1-3-7(4-2-6)16-9-12-11-5-15-9/h1-5,14H,(H2,10,13). The number of nitrogens with zero attached hydrogens (tertiary/aromatic N) is 3. The topological polar surface area (TPSA) is 84.4 Å². The van der Waals surface area contributed by atoms with Crippen molar-refractivity contribution in [2.24, 2.45) is 10.9 Å². The first-order valence-corrected chi connectivity index (χ1v) is 6.01. The summed E-state index contributed by atoms with van der Waals surface area (Å²) in [6.07, 6.45) is 0. The molecule has 0 bridgehead atoms. The molecule has 0 unspecified atom stereocenters. The van der Waals surface area contributed by atoms with Crippen molar-refractivity contribution in [2.75, 3.05) is 0 Å². The summed E-state index contributed by atoms with van der Waals surface area (Å²) in [5.41, 5.74) is 7.83. The maximum atomic E-state index is 8.51. The molecule has 16 heavy (non-hydrogen) atoms. The molecule has 0 amide bonds. The van der Waals surface area contributed by atoms with Crippen LogP contribution in [0.2, 0.25) is 0 Å². The molecule has 1 heterocycles. The van der Waals surface area contributed by atoms with Gasteiger partial charge in [0.05, 0.1) is 0 Å². The lowest BCUT2D eigenvalue weighted by Crippen LogP contribution is -2.12. The first-order chi connectivity index (χ1) is 7.79. The minimum atomic E-state index is 0.104. The molecule has 3 N–H and O–H groups in total. The Morgan fingerprint density at radius 1 is 1.38 bits per heavy atom. The lowest BCUT2D eigenvalue weighted by molar-refractivity contribution is 0.318. The quantitative estimate of drug-likeness (QED) is 0.376. The maximum absolute atomic E-state index is 8.51. The molecule has 0 fully saturated rings. The highest BCUT2D eigenvalue weighted by molar-refractivity contribution is 8.01. The summed E-state index contributed by atoms with van der Waals surface area (Å²) in [5.74, 6) is 0.104. The lowest BCUT2D eigenvalue weighted by Gasteiger charge is -2.00. The van der Waals surface area contributed by atoms with Gasteiger partial charge in [0.25, 0.3) is 0 Å². The molecular weight excluding hydrogens is 244 g/mol. The van der Waals surface area contributed by atoms with E-state index in [-0.39, 0.29) is 5.84 Å². The highest BCUT2D eigenvalue weighted by Crippen LogP contribution is 2.28. The number of rotatable bonds is 3. The van der Waals surface area contributed by atoms with Crippen LogP contribution in [0.3, 0.4) is 0 Å². The van der Waals surface area contributed by atoms with Gasteiger partial charge in [-0.05, 0) is 12.1 Å². The second-order valence-corrected chi connectivity index (χ2v) is 4.97. The molecule has 0 spiro atoms. The number of benzene rings is 1. The predicted molar refractivity (Wildman–Crippen MR) is 63.0 cm³/mol. The van der Waals surface area contributed by atoms with Crippen LogP contribution in [-0.4, -0.2) is 21.2 Å². The van der Waals surface area contributed by atoms with Crippen LogP contribution in [0.25, 0.3) is 0 Å². The van der Waals surface area contributed by atoms with Crippen LogP contribution in [0.1, 0.15) is 5.56 Å². The van der Waals surface area contributed by atoms with Crippen molar-refractivity contribution in [3.8, 4) is 0 Å². The molecule has 0 atom stereocenters. The fourth-order valence-corrected chi connectivity index (χ4v) is 2.51. The first-order valence-electron chi connectivity index (χ1n) is 4.31. The van der Waals surface area contributed by atoms with E-state index in [2.05, 4.69) is 15.4 Å². The molecule has 82 valence electrons. The largest absolute Gasteiger partial charge is 0.409 e. The zero-order valence-electron chi connectivity index (χ0n) is 8.07. The van der Waals surface area contributed by atoms with E-state index in [1.807, 2.05) is 12.1 Å². The third kappa shape index (κ3) is 2.50. The Bertz CT molecular complexity index is 481. The summed E-state index contributed by atoms with van der Waals surface area (Å²) in [6.45, 7) is 0. The molecule has 7 heteroatoms. The normalized spacial score (nSPS) is 11.6. The predicted octanol–water partition coefficient (Wildman–Crippen LogP) is 1.78. The van der Waals surface area contributed by atoms with Gasteiger partial charge in [-0.25, -0.2) is 0 Å². The van der Waals surface area contributed by atoms with Gasteiger partial charge < -0.3 is 10.9 Å². The van der Waals surface area contributed by atoms with Gasteiger partial charge in [0.15, 0.2) is 10.2 Å². The van der Waals surface area contributed by atoms with E-state index in [1.54, 1.807) is 17.6 Å². The second kappa shape index (κ2) is 4.95. The van der Waals surface area contributed by atoms with Crippen molar-refractivity contribution in [2.45, 2.75) is 9.24 Å². The van der Waals surface area contributed by atoms with Crippen LogP contribution in [0.15, 0.2) is 44.2 Å². The van der Waals surface area contributed by atoms with Gasteiger partial charge in [-0.1, -0.05) is 40.4 Å². The SMILES string of the molecule is N/C(=N\O)c1ccc(Sc2nncs2)cc1. The van der Waals surface area contributed by atoms with E-state index in [1.165, 1.54) is 23.1 Å². The fraction of sp³-hybridized carbons (Fsp3) is 0. The summed E-state index contributed by atoms with van der Waals surface area (Å²) in [7, 11) is 0. The van der Waals surface area contributed by atoms with Gasteiger partial charge in [-0.2, -0.15) is 0 Å². The molecule has 5 nitrogen and oxygen atoms in total. The Labute approximate surface area is 100 Å². The third-order valence-electron chi connectivity index (χ3n) is 1.80. The molecule has 0 saturated heterocycles. The van der Waals surface area contributed by atoms with E-state index in [4.69, 9.17) is 10.9 Å². The zero-order valence-corrected chi connectivity index (χ0v) is 9.70. The van der Waals surface area contributed by atoms with Crippen LogP contribution in [0.4, 0.5) is 0 Å². The van der Waals surface area contributed by atoms with Crippen molar-refractivity contribution in [3.63, 3.8) is 0 Å². The molecule has 2 rings (SSSR count). The van der Waals surface area contributed by atoms with E-state index < -0.39 is 0 Å². The van der Waals surface area contributed by atoms with Gasteiger partial charge in [0.1, 0.15) is 5.51 Å². The molecule has 0 radical (unpaired) electrons. The van der Waals surface area contributed by atoms with Crippen LogP contribution in [-0.2, 0) is 0 Å². The Balaban J connectivity index is 2.14. The highest BCUT2D eigenvalue weighted by Gasteiger charge is 2.02. The van der Waals surface area contributed by atoms with Crippen LogP contribution in [0, 0.1) is 0 Å². The van der Waals surface area contributed by atoms with Gasteiger partial charge in [-0.3, -0.25) is 0 Å².